The highest BCUT2D eigenvalue weighted by Gasteiger charge is 2.44. The average Bonchev–Trinajstić information content (AvgIpc) is 2.90. The Morgan fingerprint density at radius 3 is 3.10 bits per heavy atom. The molecular formula is C17H20N2O. The molecule has 3 unspecified atom stereocenters. The number of aliphatic hydroxyl groups is 1. The third-order valence-corrected chi connectivity index (χ3v) is 5.13. The zero-order valence-corrected chi connectivity index (χ0v) is 11.6. The maximum atomic E-state index is 11.1. The first-order chi connectivity index (χ1) is 9.74. The van der Waals surface area contributed by atoms with Crippen LogP contribution < -0.4 is 0 Å². The Morgan fingerprint density at radius 1 is 1.25 bits per heavy atom. The molecule has 104 valence electrons. The first-order valence-electron chi connectivity index (χ1n) is 7.52. The van der Waals surface area contributed by atoms with E-state index < -0.39 is 5.60 Å². The van der Waals surface area contributed by atoms with E-state index >= 15 is 0 Å². The van der Waals surface area contributed by atoms with Crippen LogP contribution in [0.4, 0.5) is 0 Å². The van der Waals surface area contributed by atoms with Crippen molar-refractivity contribution in [3.05, 3.63) is 42.1 Å². The summed E-state index contributed by atoms with van der Waals surface area (Å²) in [5, 5.41) is 12.3. The van der Waals surface area contributed by atoms with Crippen LogP contribution in [0.5, 0.6) is 0 Å². The molecule has 3 nitrogen and oxygen atoms in total. The van der Waals surface area contributed by atoms with Gasteiger partial charge in [0.05, 0.1) is 11.1 Å². The van der Waals surface area contributed by atoms with E-state index in [0.717, 1.165) is 44.4 Å². The number of pyridine rings is 1. The van der Waals surface area contributed by atoms with Gasteiger partial charge in [-0.1, -0.05) is 18.2 Å². The zero-order valence-electron chi connectivity index (χ0n) is 11.6. The molecule has 1 aromatic carbocycles. The van der Waals surface area contributed by atoms with Crippen LogP contribution in [0.15, 0.2) is 36.5 Å². The lowest BCUT2D eigenvalue weighted by Crippen LogP contribution is -2.47. The zero-order chi connectivity index (χ0) is 13.6. The van der Waals surface area contributed by atoms with Gasteiger partial charge in [0.15, 0.2) is 0 Å². The molecule has 0 spiro atoms. The number of hydrogen-bond donors (Lipinski definition) is 1. The van der Waals surface area contributed by atoms with E-state index in [-0.39, 0.29) is 0 Å². The second-order valence-corrected chi connectivity index (χ2v) is 6.30. The highest BCUT2D eigenvalue weighted by atomic mass is 16.3. The fourth-order valence-electron chi connectivity index (χ4n) is 3.90. The molecule has 0 aliphatic carbocycles. The van der Waals surface area contributed by atoms with E-state index in [1.54, 1.807) is 0 Å². The van der Waals surface area contributed by atoms with E-state index in [2.05, 4.69) is 28.1 Å². The third kappa shape index (κ3) is 1.93. The summed E-state index contributed by atoms with van der Waals surface area (Å²) in [6.45, 7) is 3.26. The summed E-state index contributed by atoms with van der Waals surface area (Å²) >= 11 is 0. The number of hydrogen-bond acceptors (Lipinski definition) is 3. The largest absolute Gasteiger partial charge is 0.389 e. The van der Waals surface area contributed by atoms with Gasteiger partial charge in [0.25, 0.3) is 0 Å². The SMILES string of the molecule is OC1(Cc2ccnc3ccccc23)CCN2CCC1C2. The monoisotopic (exact) mass is 268 g/mol. The number of aromatic nitrogens is 1. The Labute approximate surface area is 119 Å². The molecule has 2 aromatic rings. The van der Waals surface area contributed by atoms with Crippen LogP contribution in [0, 0.1) is 5.92 Å². The highest BCUT2D eigenvalue weighted by Crippen LogP contribution is 2.38. The van der Waals surface area contributed by atoms with Crippen molar-refractivity contribution in [2.75, 3.05) is 19.6 Å². The lowest BCUT2D eigenvalue weighted by molar-refractivity contribution is -0.0436. The van der Waals surface area contributed by atoms with Crippen LogP contribution in [-0.4, -0.2) is 40.2 Å². The Hall–Kier alpha value is -1.45. The molecular weight excluding hydrogens is 248 g/mol. The normalized spacial score (nSPS) is 32.6. The van der Waals surface area contributed by atoms with Gasteiger partial charge in [-0.25, -0.2) is 0 Å². The quantitative estimate of drug-likeness (QED) is 0.907. The highest BCUT2D eigenvalue weighted by molar-refractivity contribution is 5.81. The van der Waals surface area contributed by atoms with Crippen LogP contribution in [0.1, 0.15) is 18.4 Å². The van der Waals surface area contributed by atoms with Crippen molar-refractivity contribution in [2.45, 2.75) is 24.9 Å². The number of rotatable bonds is 2. The molecule has 0 amide bonds. The number of para-hydroxylation sites is 1. The Morgan fingerprint density at radius 2 is 2.15 bits per heavy atom. The predicted octanol–water partition coefficient (Wildman–Crippen LogP) is 2.23. The van der Waals surface area contributed by atoms with Crippen LogP contribution in [0.25, 0.3) is 10.9 Å². The van der Waals surface area contributed by atoms with E-state index in [1.165, 1.54) is 10.9 Å². The van der Waals surface area contributed by atoms with Crippen molar-refractivity contribution in [3.63, 3.8) is 0 Å². The lowest BCUT2D eigenvalue weighted by Gasteiger charge is -2.39. The van der Waals surface area contributed by atoms with Crippen molar-refractivity contribution >= 4 is 10.9 Å². The molecule has 3 heteroatoms. The minimum atomic E-state index is -0.531. The molecule has 2 bridgehead atoms. The summed E-state index contributed by atoms with van der Waals surface area (Å²) in [5.74, 6) is 0.433. The van der Waals surface area contributed by atoms with Crippen LogP contribution >= 0.6 is 0 Å². The van der Waals surface area contributed by atoms with Crippen LogP contribution in [0.3, 0.4) is 0 Å². The fourth-order valence-corrected chi connectivity index (χ4v) is 3.90. The standard InChI is InChI=1S/C17H20N2O/c20-17(7-10-19-9-6-14(17)12-19)11-13-5-8-18-16-4-2-1-3-15(13)16/h1-5,8,14,20H,6-7,9-12H2. The molecule has 2 aliphatic heterocycles. The third-order valence-electron chi connectivity index (χ3n) is 5.13. The Balaban J connectivity index is 1.70. The molecule has 1 aromatic heterocycles. The summed E-state index contributed by atoms with van der Waals surface area (Å²) in [6, 6.07) is 10.3. The minimum absolute atomic E-state index is 0.433. The molecule has 4 rings (SSSR count). The predicted molar refractivity (Wildman–Crippen MR) is 79.6 cm³/mol. The summed E-state index contributed by atoms with van der Waals surface area (Å²) in [6.07, 6.45) is 4.66. The van der Waals surface area contributed by atoms with E-state index in [4.69, 9.17) is 0 Å². The van der Waals surface area contributed by atoms with Gasteiger partial charge in [-0.15, -0.1) is 0 Å². The molecule has 20 heavy (non-hydrogen) atoms. The maximum Gasteiger partial charge on any atom is 0.0741 e. The van der Waals surface area contributed by atoms with Gasteiger partial charge >= 0.3 is 0 Å². The number of nitrogens with zero attached hydrogens (tertiary/aromatic N) is 2. The summed E-state index contributed by atoms with van der Waals surface area (Å²) in [5.41, 5.74) is 1.73. The molecule has 2 fully saturated rings. The second-order valence-electron chi connectivity index (χ2n) is 6.30. The number of benzene rings is 1. The van der Waals surface area contributed by atoms with Gasteiger partial charge in [-0.3, -0.25) is 4.98 Å². The number of piperidine rings is 1. The van der Waals surface area contributed by atoms with Crippen molar-refractivity contribution in [3.8, 4) is 0 Å². The summed E-state index contributed by atoms with van der Waals surface area (Å²) in [4.78, 5) is 6.89. The van der Waals surface area contributed by atoms with Crippen molar-refractivity contribution in [1.82, 2.24) is 9.88 Å². The van der Waals surface area contributed by atoms with Gasteiger partial charge in [0.1, 0.15) is 0 Å². The van der Waals surface area contributed by atoms with Crippen molar-refractivity contribution in [2.24, 2.45) is 5.92 Å². The van der Waals surface area contributed by atoms with Crippen LogP contribution in [-0.2, 0) is 6.42 Å². The molecule has 0 saturated carbocycles. The van der Waals surface area contributed by atoms with Gasteiger partial charge in [0, 0.05) is 37.0 Å². The van der Waals surface area contributed by atoms with Gasteiger partial charge in [-0.05, 0) is 37.1 Å². The minimum Gasteiger partial charge on any atom is -0.389 e. The van der Waals surface area contributed by atoms with Crippen molar-refractivity contribution in [1.29, 1.82) is 0 Å². The van der Waals surface area contributed by atoms with E-state index in [0.29, 0.717) is 5.92 Å². The van der Waals surface area contributed by atoms with Gasteiger partial charge < -0.3 is 10.0 Å². The fraction of sp³-hybridized carbons (Fsp3) is 0.471. The Bertz CT molecular complexity index is 636. The van der Waals surface area contributed by atoms with Crippen LogP contribution in [0.2, 0.25) is 0 Å². The first kappa shape index (κ1) is 12.3. The molecule has 3 heterocycles. The molecule has 3 atom stereocenters. The first-order valence-corrected chi connectivity index (χ1v) is 7.52. The molecule has 2 saturated heterocycles. The second kappa shape index (κ2) is 4.54. The summed E-state index contributed by atoms with van der Waals surface area (Å²) in [7, 11) is 0. The lowest BCUT2D eigenvalue weighted by atomic mass is 9.77. The molecule has 0 radical (unpaired) electrons. The van der Waals surface area contributed by atoms with E-state index in [9.17, 15) is 5.11 Å². The van der Waals surface area contributed by atoms with Gasteiger partial charge in [-0.2, -0.15) is 0 Å². The summed E-state index contributed by atoms with van der Waals surface area (Å²) < 4.78 is 0. The van der Waals surface area contributed by atoms with Crippen molar-refractivity contribution < 1.29 is 5.11 Å². The number of fused-ring (bicyclic) bond motifs is 3. The topological polar surface area (TPSA) is 36.4 Å². The molecule has 2 aliphatic rings. The molecule has 1 N–H and O–H groups in total. The van der Waals surface area contributed by atoms with Gasteiger partial charge in [0.2, 0.25) is 0 Å². The van der Waals surface area contributed by atoms with E-state index in [1.807, 2.05) is 18.3 Å². The Kier molecular flexibility index (Phi) is 2.79. The average molecular weight is 268 g/mol. The maximum absolute atomic E-state index is 11.1. The smallest absolute Gasteiger partial charge is 0.0741 e.